The lowest BCUT2D eigenvalue weighted by Gasteiger charge is -2.37. The Morgan fingerprint density at radius 2 is 2.08 bits per heavy atom. The molecule has 0 unspecified atom stereocenters. The van der Waals surface area contributed by atoms with Crippen molar-refractivity contribution in [2.75, 3.05) is 40.1 Å². The Kier molecular flexibility index (Phi) is 3.98. The second kappa shape index (κ2) is 4.80. The second-order valence-electron chi connectivity index (χ2n) is 3.70. The molecule has 1 fully saturated rings. The van der Waals surface area contributed by atoms with E-state index in [9.17, 15) is 0 Å². The molecule has 0 bridgehead atoms. The van der Waals surface area contributed by atoms with Crippen molar-refractivity contribution in [3.63, 3.8) is 0 Å². The highest BCUT2D eigenvalue weighted by atomic mass is 16.5. The van der Waals surface area contributed by atoms with E-state index in [1.807, 2.05) is 0 Å². The first-order valence-electron chi connectivity index (χ1n) is 4.41. The lowest BCUT2D eigenvalue weighted by molar-refractivity contribution is -0.138. The normalized spacial score (nSPS) is 20.5. The standard InChI is InChI=1S/C9H18O3/c1-9(7-12-8-9)6-11-5-3-4-10-2/h3-8H2,1-2H3. The number of hydrogen-bond acceptors (Lipinski definition) is 3. The summed E-state index contributed by atoms with van der Waals surface area (Å²) in [6, 6.07) is 0. The highest BCUT2D eigenvalue weighted by molar-refractivity contribution is 4.79. The molecule has 0 aromatic heterocycles. The van der Waals surface area contributed by atoms with Crippen LogP contribution in [0.15, 0.2) is 0 Å². The molecule has 0 amide bonds. The Hall–Kier alpha value is -0.120. The van der Waals surface area contributed by atoms with E-state index in [4.69, 9.17) is 14.2 Å². The lowest BCUT2D eigenvalue weighted by Crippen LogP contribution is -2.43. The van der Waals surface area contributed by atoms with Crippen LogP contribution in [0.5, 0.6) is 0 Å². The van der Waals surface area contributed by atoms with E-state index in [-0.39, 0.29) is 5.41 Å². The Morgan fingerprint density at radius 3 is 2.58 bits per heavy atom. The molecule has 1 aliphatic heterocycles. The van der Waals surface area contributed by atoms with Crippen LogP contribution in [0, 0.1) is 5.41 Å². The molecule has 3 heteroatoms. The average molecular weight is 174 g/mol. The number of ether oxygens (including phenoxy) is 3. The summed E-state index contributed by atoms with van der Waals surface area (Å²) in [6.45, 7) is 6.27. The summed E-state index contributed by atoms with van der Waals surface area (Å²) >= 11 is 0. The fourth-order valence-corrected chi connectivity index (χ4v) is 1.16. The van der Waals surface area contributed by atoms with Gasteiger partial charge in [0.2, 0.25) is 0 Å². The van der Waals surface area contributed by atoms with Crippen molar-refractivity contribution >= 4 is 0 Å². The van der Waals surface area contributed by atoms with Crippen molar-refractivity contribution in [2.24, 2.45) is 5.41 Å². The van der Waals surface area contributed by atoms with Crippen LogP contribution in [0.3, 0.4) is 0 Å². The van der Waals surface area contributed by atoms with Gasteiger partial charge in [0.1, 0.15) is 0 Å². The summed E-state index contributed by atoms with van der Waals surface area (Å²) in [4.78, 5) is 0. The van der Waals surface area contributed by atoms with Gasteiger partial charge in [-0.25, -0.2) is 0 Å². The molecule has 0 N–H and O–H groups in total. The van der Waals surface area contributed by atoms with Crippen molar-refractivity contribution in [1.82, 2.24) is 0 Å². The Bertz CT molecular complexity index is 121. The highest BCUT2D eigenvalue weighted by Crippen LogP contribution is 2.26. The summed E-state index contributed by atoms with van der Waals surface area (Å²) in [5.41, 5.74) is 0.285. The van der Waals surface area contributed by atoms with Crippen LogP contribution in [0.25, 0.3) is 0 Å². The van der Waals surface area contributed by atoms with Crippen LogP contribution in [0.1, 0.15) is 13.3 Å². The van der Waals surface area contributed by atoms with Gasteiger partial charge in [0, 0.05) is 25.7 Å². The molecule has 1 heterocycles. The fraction of sp³-hybridized carbons (Fsp3) is 1.00. The molecule has 0 spiro atoms. The molecule has 0 aromatic rings. The zero-order valence-corrected chi connectivity index (χ0v) is 7.97. The average Bonchev–Trinajstić information content (AvgIpc) is 2.01. The van der Waals surface area contributed by atoms with Gasteiger partial charge < -0.3 is 14.2 Å². The van der Waals surface area contributed by atoms with Crippen LogP contribution in [0.4, 0.5) is 0 Å². The van der Waals surface area contributed by atoms with Crippen LogP contribution < -0.4 is 0 Å². The maximum absolute atomic E-state index is 5.48. The minimum Gasteiger partial charge on any atom is -0.385 e. The van der Waals surface area contributed by atoms with Crippen molar-refractivity contribution in [2.45, 2.75) is 13.3 Å². The van der Waals surface area contributed by atoms with Crippen LogP contribution in [0.2, 0.25) is 0 Å². The van der Waals surface area contributed by atoms with Gasteiger partial charge in [-0.05, 0) is 6.42 Å². The first-order valence-corrected chi connectivity index (χ1v) is 4.41. The maximum Gasteiger partial charge on any atom is 0.0564 e. The van der Waals surface area contributed by atoms with Gasteiger partial charge in [-0.1, -0.05) is 6.92 Å². The summed E-state index contributed by atoms with van der Waals surface area (Å²) in [6.07, 6.45) is 0.980. The van der Waals surface area contributed by atoms with Crippen molar-refractivity contribution < 1.29 is 14.2 Å². The zero-order valence-electron chi connectivity index (χ0n) is 7.97. The molecule has 0 aromatic carbocycles. The third-order valence-corrected chi connectivity index (χ3v) is 1.99. The maximum atomic E-state index is 5.48. The largest absolute Gasteiger partial charge is 0.385 e. The molecule has 72 valence electrons. The zero-order chi connectivity index (χ0) is 8.86. The van der Waals surface area contributed by atoms with Gasteiger partial charge in [-0.15, -0.1) is 0 Å². The van der Waals surface area contributed by atoms with Gasteiger partial charge in [0.15, 0.2) is 0 Å². The van der Waals surface area contributed by atoms with E-state index in [0.717, 1.165) is 39.5 Å². The lowest BCUT2D eigenvalue weighted by atomic mass is 9.90. The van der Waals surface area contributed by atoms with E-state index in [1.54, 1.807) is 7.11 Å². The quantitative estimate of drug-likeness (QED) is 0.564. The SMILES string of the molecule is COCCCOCC1(C)COC1. The predicted molar refractivity (Wildman–Crippen MR) is 46.2 cm³/mol. The van der Waals surface area contributed by atoms with Gasteiger partial charge in [0.05, 0.1) is 19.8 Å². The minimum absolute atomic E-state index is 0.285. The Labute approximate surface area is 74.0 Å². The number of rotatable bonds is 6. The van der Waals surface area contributed by atoms with E-state index in [2.05, 4.69) is 6.92 Å². The van der Waals surface area contributed by atoms with E-state index < -0.39 is 0 Å². The van der Waals surface area contributed by atoms with Crippen molar-refractivity contribution in [3.8, 4) is 0 Å². The minimum atomic E-state index is 0.285. The Balaban J connectivity index is 1.88. The van der Waals surface area contributed by atoms with Crippen LogP contribution in [-0.2, 0) is 14.2 Å². The summed E-state index contributed by atoms with van der Waals surface area (Å²) in [5, 5.41) is 0. The molecule has 3 nitrogen and oxygen atoms in total. The van der Waals surface area contributed by atoms with Gasteiger partial charge in [0.25, 0.3) is 0 Å². The van der Waals surface area contributed by atoms with E-state index >= 15 is 0 Å². The summed E-state index contributed by atoms with van der Waals surface area (Å²) in [5.74, 6) is 0. The molecule has 0 saturated carbocycles. The monoisotopic (exact) mass is 174 g/mol. The molecule has 0 atom stereocenters. The third kappa shape index (κ3) is 3.09. The van der Waals surface area contributed by atoms with E-state index in [1.165, 1.54) is 0 Å². The van der Waals surface area contributed by atoms with Gasteiger partial charge >= 0.3 is 0 Å². The molecule has 1 saturated heterocycles. The van der Waals surface area contributed by atoms with Crippen LogP contribution in [-0.4, -0.2) is 40.1 Å². The summed E-state index contributed by atoms with van der Waals surface area (Å²) in [7, 11) is 1.71. The van der Waals surface area contributed by atoms with Crippen molar-refractivity contribution in [1.29, 1.82) is 0 Å². The first-order chi connectivity index (χ1) is 5.77. The highest BCUT2D eigenvalue weighted by Gasteiger charge is 2.33. The van der Waals surface area contributed by atoms with Gasteiger partial charge in [-0.3, -0.25) is 0 Å². The molecular weight excluding hydrogens is 156 g/mol. The van der Waals surface area contributed by atoms with Gasteiger partial charge in [-0.2, -0.15) is 0 Å². The number of hydrogen-bond donors (Lipinski definition) is 0. The molecule has 1 rings (SSSR count). The molecule has 12 heavy (non-hydrogen) atoms. The topological polar surface area (TPSA) is 27.7 Å². The second-order valence-corrected chi connectivity index (χ2v) is 3.70. The van der Waals surface area contributed by atoms with Crippen LogP contribution >= 0.6 is 0 Å². The summed E-state index contributed by atoms with van der Waals surface area (Å²) < 4.78 is 15.5. The third-order valence-electron chi connectivity index (χ3n) is 1.99. The molecule has 1 aliphatic rings. The fourth-order valence-electron chi connectivity index (χ4n) is 1.16. The molecular formula is C9H18O3. The molecule has 0 aliphatic carbocycles. The predicted octanol–water partition coefficient (Wildman–Crippen LogP) is 1.08. The Morgan fingerprint density at radius 1 is 1.33 bits per heavy atom. The number of methoxy groups -OCH3 is 1. The van der Waals surface area contributed by atoms with E-state index in [0.29, 0.717) is 0 Å². The van der Waals surface area contributed by atoms with Crippen molar-refractivity contribution in [3.05, 3.63) is 0 Å². The molecule has 0 radical (unpaired) electrons. The first kappa shape index (κ1) is 9.96. The smallest absolute Gasteiger partial charge is 0.0564 e.